The van der Waals surface area contributed by atoms with E-state index in [1.807, 2.05) is 13.0 Å². The Morgan fingerprint density at radius 2 is 2.19 bits per heavy atom. The first-order valence-corrected chi connectivity index (χ1v) is 6.44. The molecule has 1 heterocycles. The zero-order chi connectivity index (χ0) is 11.4. The Labute approximate surface area is 102 Å². The number of nitrogens with one attached hydrogen (secondary N) is 1. The van der Waals surface area contributed by atoms with Gasteiger partial charge in [-0.3, -0.25) is 0 Å². The van der Waals surface area contributed by atoms with Gasteiger partial charge in [-0.2, -0.15) is 0 Å². The molecule has 0 aliphatic heterocycles. The summed E-state index contributed by atoms with van der Waals surface area (Å²) in [6.45, 7) is 1.98. The third kappa shape index (κ3) is 2.85. The van der Waals surface area contributed by atoms with Crippen LogP contribution < -0.4 is 5.32 Å². The van der Waals surface area contributed by atoms with Crippen molar-refractivity contribution in [3.05, 3.63) is 18.1 Å². The monoisotopic (exact) mass is 239 g/mol. The van der Waals surface area contributed by atoms with Crippen LogP contribution in [0.4, 0.5) is 5.82 Å². The van der Waals surface area contributed by atoms with Gasteiger partial charge in [-0.25, -0.2) is 9.97 Å². The first-order valence-electron chi connectivity index (χ1n) is 5.90. The predicted molar refractivity (Wildman–Crippen MR) is 66.9 cm³/mol. The molecule has 1 aliphatic carbocycles. The summed E-state index contributed by atoms with van der Waals surface area (Å²) in [7, 11) is 0. The number of hydrogen-bond acceptors (Lipinski definition) is 3. The second-order valence-corrected chi connectivity index (χ2v) is 4.80. The van der Waals surface area contributed by atoms with E-state index in [9.17, 15) is 0 Å². The summed E-state index contributed by atoms with van der Waals surface area (Å²) < 4.78 is 0. The highest BCUT2D eigenvalue weighted by Crippen LogP contribution is 2.27. The fourth-order valence-electron chi connectivity index (χ4n) is 2.31. The van der Waals surface area contributed by atoms with Crippen molar-refractivity contribution in [2.75, 3.05) is 11.2 Å². The second-order valence-electron chi connectivity index (χ2n) is 4.49. The van der Waals surface area contributed by atoms with Crippen molar-refractivity contribution in [1.82, 2.24) is 9.97 Å². The van der Waals surface area contributed by atoms with Gasteiger partial charge in [-0.15, -0.1) is 11.6 Å². The van der Waals surface area contributed by atoms with Crippen molar-refractivity contribution < 1.29 is 0 Å². The lowest BCUT2D eigenvalue weighted by atomic mass is 9.86. The molecule has 1 aromatic rings. The Morgan fingerprint density at radius 1 is 1.38 bits per heavy atom. The van der Waals surface area contributed by atoms with Crippen LogP contribution in [-0.2, 0) is 0 Å². The molecule has 1 N–H and O–H groups in total. The summed E-state index contributed by atoms with van der Waals surface area (Å²) in [5.74, 6) is 2.24. The first kappa shape index (κ1) is 11.6. The third-order valence-corrected chi connectivity index (χ3v) is 3.64. The second kappa shape index (κ2) is 5.48. The molecular weight excluding hydrogens is 222 g/mol. The number of rotatable bonds is 3. The van der Waals surface area contributed by atoms with Gasteiger partial charge in [0.2, 0.25) is 0 Å². The Bertz CT molecular complexity index is 343. The first-order chi connectivity index (χ1) is 7.79. The van der Waals surface area contributed by atoms with E-state index in [0.29, 0.717) is 12.0 Å². The van der Waals surface area contributed by atoms with Crippen LogP contribution in [0, 0.1) is 12.8 Å². The van der Waals surface area contributed by atoms with E-state index in [-0.39, 0.29) is 0 Å². The maximum absolute atomic E-state index is 6.00. The maximum Gasteiger partial charge on any atom is 0.129 e. The number of halogens is 1. The van der Waals surface area contributed by atoms with E-state index < -0.39 is 0 Å². The van der Waals surface area contributed by atoms with Crippen molar-refractivity contribution in [2.45, 2.75) is 38.6 Å². The van der Waals surface area contributed by atoms with Gasteiger partial charge >= 0.3 is 0 Å². The fraction of sp³-hybridized carbons (Fsp3) is 0.667. The molecule has 3 nitrogen and oxygen atoms in total. The molecule has 2 unspecified atom stereocenters. The van der Waals surface area contributed by atoms with Gasteiger partial charge in [0.25, 0.3) is 0 Å². The van der Waals surface area contributed by atoms with Gasteiger partial charge in [0.05, 0.1) is 0 Å². The molecule has 0 radical (unpaired) electrons. The summed E-state index contributed by atoms with van der Waals surface area (Å²) in [6.07, 6.45) is 6.62. The average molecular weight is 240 g/mol. The Kier molecular flexibility index (Phi) is 3.99. The van der Waals surface area contributed by atoms with E-state index in [1.54, 1.807) is 6.33 Å². The summed E-state index contributed by atoms with van der Waals surface area (Å²) in [6, 6.07) is 2.46. The molecule has 0 spiro atoms. The van der Waals surface area contributed by atoms with Crippen LogP contribution in [-0.4, -0.2) is 21.9 Å². The Balaban J connectivity index is 2.02. The van der Waals surface area contributed by atoms with Crippen LogP contribution >= 0.6 is 11.6 Å². The number of aromatic nitrogens is 2. The molecule has 4 heteroatoms. The minimum absolute atomic E-state index is 0.473. The topological polar surface area (TPSA) is 37.8 Å². The van der Waals surface area contributed by atoms with Gasteiger partial charge in [-0.05, 0) is 25.7 Å². The maximum atomic E-state index is 6.00. The van der Waals surface area contributed by atoms with Crippen LogP contribution in [0.3, 0.4) is 0 Å². The molecule has 1 fully saturated rings. The predicted octanol–water partition coefficient (Wildman–Crippen LogP) is 2.99. The Hall–Kier alpha value is -0.830. The average Bonchev–Trinajstić information content (AvgIpc) is 2.30. The molecular formula is C12H18ClN3. The molecule has 1 aromatic heterocycles. The summed E-state index contributed by atoms with van der Waals surface area (Å²) in [5.41, 5.74) is 0.996. The normalized spacial score (nSPS) is 25.4. The quantitative estimate of drug-likeness (QED) is 0.824. The fourth-order valence-corrected chi connectivity index (χ4v) is 2.68. The van der Waals surface area contributed by atoms with Crippen molar-refractivity contribution in [3.63, 3.8) is 0 Å². The summed E-state index contributed by atoms with van der Waals surface area (Å²) >= 11 is 6.00. The SMILES string of the molecule is Cc1cc(NC2CCCCC2CCl)ncn1. The lowest BCUT2D eigenvalue weighted by Crippen LogP contribution is -2.33. The van der Waals surface area contributed by atoms with Crippen molar-refractivity contribution in [3.8, 4) is 0 Å². The zero-order valence-electron chi connectivity index (χ0n) is 9.62. The molecule has 0 saturated heterocycles. The molecule has 2 atom stereocenters. The molecule has 0 amide bonds. The summed E-state index contributed by atoms with van der Waals surface area (Å²) in [5, 5.41) is 3.49. The van der Waals surface area contributed by atoms with Gasteiger partial charge in [0.15, 0.2) is 0 Å². The molecule has 2 rings (SSSR count). The van der Waals surface area contributed by atoms with E-state index in [4.69, 9.17) is 11.6 Å². The number of aryl methyl sites for hydroxylation is 1. The van der Waals surface area contributed by atoms with E-state index in [0.717, 1.165) is 17.4 Å². The van der Waals surface area contributed by atoms with Crippen molar-refractivity contribution in [2.24, 2.45) is 5.92 Å². The molecule has 1 aliphatic rings. The lowest BCUT2D eigenvalue weighted by molar-refractivity contribution is 0.352. The van der Waals surface area contributed by atoms with E-state index >= 15 is 0 Å². The smallest absolute Gasteiger partial charge is 0.129 e. The minimum atomic E-state index is 0.473. The van der Waals surface area contributed by atoms with Gasteiger partial charge in [0, 0.05) is 23.7 Å². The van der Waals surface area contributed by atoms with Crippen LogP contribution in [0.2, 0.25) is 0 Å². The van der Waals surface area contributed by atoms with Crippen molar-refractivity contribution >= 4 is 17.4 Å². The number of alkyl halides is 1. The van der Waals surface area contributed by atoms with Gasteiger partial charge in [-0.1, -0.05) is 12.8 Å². The standard InChI is InChI=1S/C12H18ClN3/c1-9-6-12(15-8-14-9)16-11-5-3-2-4-10(11)7-13/h6,8,10-11H,2-5,7H2,1H3,(H,14,15,16). The third-order valence-electron chi connectivity index (χ3n) is 3.24. The van der Waals surface area contributed by atoms with Crippen LogP contribution in [0.1, 0.15) is 31.4 Å². The van der Waals surface area contributed by atoms with Crippen LogP contribution in [0.5, 0.6) is 0 Å². The molecule has 0 aromatic carbocycles. The molecule has 1 saturated carbocycles. The van der Waals surface area contributed by atoms with Gasteiger partial charge < -0.3 is 5.32 Å². The van der Waals surface area contributed by atoms with Crippen LogP contribution in [0.15, 0.2) is 12.4 Å². The highest BCUT2D eigenvalue weighted by Gasteiger charge is 2.24. The largest absolute Gasteiger partial charge is 0.367 e. The number of anilines is 1. The summed E-state index contributed by atoms with van der Waals surface area (Å²) in [4.78, 5) is 8.33. The zero-order valence-corrected chi connectivity index (χ0v) is 10.4. The minimum Gasteiger partial charge on any atom is -0.367 e. The van der Waals surface area contributed by atoms with Gasteiger partial charge in [0.1, 0.15) is 12.1 Å². The Morgan fingerprint density at radius 3 is 2.94 bits per heavy atom. The molecule has 16 heavy (non-hydrogen) atoms. The lowest BCUT2D eigenvalue weighted by Gasteiger charge is -2.31. The highest BCUT2D eigenvalue weighted by molar-refractivity contribution is 6.18. The van der Waals surface area contributed by atoms with E-state index in [1.165, 1.54) is 25.7 Å². The van der Waals surface area contributed by atoms with Crippen molar-refractivity contribution in [1.29, 1.82) is 0 Å². The van der Waals surface area contributed by atoms with E-state index in [2.05, 4.69) is 15.3 Å². The number of hydrogen-bond donors (Lipinski definition) is 1. The molecule has 0 bridgehead atoms. The molecule has 88 valence electrons. The number of nitrogens with zero attached hydrogens (tertiary/aromatic N) is 2. The van der Waals surface area contributed by atoms with Crippen LogP contribution in [0.25, 0.3) is 0 Å². The highest BCUT2D eigenvalue weighted by atomic mass is 35.5.